The average Bonchev–Trinajstić information content (AvgIpc) is 3.30. The Morgan fingerprint density at radius 2 is 2.13 bits per heavy atom. The number of aryl methyl sites for hydroxylation is 3. The lowest BCUT2D eigenvalue weighted by Gasteiger charge is -2.10. The predicted molar refractivity (Wildman–Crippen MR) is 126 cm³/mol. The van der Waals surface area contributed by atoms with Gasteiger partial charge in [-0.15, -0.1) is 23.1 Å². The number of aromatic amines is 1. The molecule has 1 aromatic carbocycles. The van der Waals surface area contributed by atoms with E-state index in [-0.39, 0.29) is 23.1 Å². The van der Waals surface area contributed by atoms with Crippen LogP contribution in [-0.2, 0) is 23.4 Å². The molecule has 0 spiro atoms. The van der Waals surface area contributed by atoms with Gasteiger partial charge in [-0.25, -0.2) is 4.98 Å². The van der Waals surface area contributed by atoms with Crippen molar-refractivity contribution in [2.24, 2.45) is 0 Å². The number of amides is 2. The Hall–Kier alpha value is -2.65. The standard InChI is InChI=1S/C22H24N4O3S2/c1-3-23-20(28)13-8-7-12(2)15(9-13)24-18(27)11-30-10-17-25-21(29)19-14-5-4-6-16(14)31-22(19)26-17/h7-9H,3-6,10-11H2,1-2H3,(H,23,28)(H,24,27)(H,25,26,29). The molecule has 3 N–H and O–H groups in total. The van der Waals surface area contributed by atoms with Gasteiger partial charge in [-0.05, 0) is 56.4 Å². The van der Waals surface area contributed by atoms with Crippen LogP contribution in [0.1, 0.15) is 45.5 Å². The molecule has 0 saturated heterocycles. The number of thioether (sulfide) groups is 1. The zero-order valence-corrected chi connectivity index (χ0v) is 19.1. The molecule has 0 radical (unpaired) electrons. The number of anilines is 1. The number of thiophene rings is 1. The van der Waals surface area contributed by atoms with Crippen molar-refractivity contribution >= 4 is 50.8 Å². The van der Waals surface area contributed by atoms with Crippen molar-refractivity contribution in [3.05, 3.63) is 55.9 Å². The Morgan fingerprint density at radius 1 is 1.29 bits per heavy atom. The highest BCUT2D eigenvalue weighted by Crippen LogP contribution is 2.34. The van der Waals surface area contributed by atoms with E-state index < -0.39 is 0 Å². The SMILES string of the molecule is CCNC(=O)c1ccc(C)c(NC(=O)CSCc2nc3sc4c(c3c(=O)[nH]2)CCC4)c1. The molecule has 2 aromatic heterocycles. The summed E-state index contributed by atoms with van der Waals surface area (Å²) in [5, 5.41) is 6.37. The number of carbonyl (C=O) groups excluding carboxylic acids is 2. The lowest BCUT2D eigenvalue weighted by atomic mass is 10.1. The molecular weight excluding hydrogens is 432 g/mol. The van der Waals surface area contributed by atoms with Crippen molar-refractivity contribution in [1.82, 2.24) is 15.3 Å². The van der Waals surface area contributed by atoms with Crippen LogP contribution >= 0.6 is 23.1 Å². The van der Waals surface area contributed by atoms with Gasteiger partial charge in [0.15, 0.2) is 0 Å². The highest BCUT2D eigenvalue weighted by molar-refractivity contribution is 7.99. The first-order valence-corrected chi connectivity index (χ1v) is 12.2. The fourth-order valence-corrected chi connectivity index (χ4v) is 5.67. The minimum atomic E-state index is -0.169. The number of carbonyl (C=O) groups is 2. The van der Waals surface area contributed by atoms with Crippen LogP contribution < -0.4 is 16.2 Å². The summed E-state index contributed by atoms with van der Waals surface area (Å²) in [5.41, 5.74) is 3.09. The largest absolute Gasteiger partial charge is 0.352 e. The van der Waals surface area contributed by atoms with E-state index in [1.807, 2.05) is 19.9 Å². The molecule has 3 aromatic rings. The van der Waals surface area contributed by atoms with Crippen LogP contribution in [0.15, 0.2) is 23.0 Å². The zero-order chi connectivity index (χ0) is 22.0. The smallest absolute Gasteiger partial charge is 0.259 e. The van der Waals surface area contributed by atoms with E-state index in [1.165, 1.54) is 16.6 Å². The fraction of sp³-hybridized carbons (Fsp3) is 0.364. The maximum atomic E-state index is 12.5. The maximum absolute atomic E-state index is 12.5. The number of hydrogen-bond donors (Lipinski definition) is 3. The van der Waals surface area contributed by atoms with Crippen LogP contribution in [-0.4, -0.2) is 34.1 Å². The van der Waals surface area contributed by atoms with Crippen molar-refractivity contribution in [1.29, 1.82) is 0 Å². The summed E-state index contributed by atoms with van der Waals surface area (Å²) in [6.07, 6.45) is 3.09. The van der Waals surface area contributed by atoms with Crippen molar-refractivity contribution < 1.29 is 9.59 Å². The van der Waals surface area contributed by atoms with Gasteiger partial charge < -0.3 is 15.6 Å². The van der Waals surface area contributed by atoms with Crippen molar-refractivity contribution in [3.63, 3.8) is 0 Å². The van der Waals surface area contributed by atoms with Gasteiger partial charge in [-0.1, -0.05) is 6.07 Å². The second kappa shape index (κ2) is 9.23. The summed E-state index contributed by atoms with van der Waals surface area (Å²) in [5.74, 6) is 0.911. The molecule has 0 aliphatic heterocycles. The molecule has 9 heteroatoms. The predicted octanol–water partition coefficient (Wildman–Crippen LogP) is 3.40. The van der Waals surface area contributed by atoms with Gasteiger partial charge in [-0.2, -0.15) is 0 Å². The Balaban J connectivity index is 1.37. The quantitative estimate of drug-likeness (QED) is 0.506. The van der Waals surface area contributed by atoms with Crippen LogP contribution in [0.4, 0.5) is 5.69 Å². The fourth-order valence-electron chi connectivity index (χ4n) is 3.70. The molecule has 0 saturated carbocycles. The summed E-state index contributed by atoms with van der Waals surface area (Å²) < 4.78 is 0. The molecule has 2 heterocycles. The molecule has 0 unspecified atom stereocenters. The first kappa shape index (κ1) is 21.6. The minimum absolute atomic E-state index is 0.0813. The summed E-state index contributed by atoms with van der Waals surface area (Å²) in [4.78, 5) is 46.5. The van der Waals surface area contributed by atoms with Crippen LogP contribution in [0.5, 0.6) is 0 Å². The van der Waals surface area contributed by atoms with Gasteiger partial charge in [0.2, 0.25) is 5.91 Å². The molecule has 7 nitrogen and oxygen atoms in total. The van der Waals surface area contributed by atoms with Gasteiger partial charge in [-0.3, -0.25) is 14.4 Å². The number of nitrogens with one attached hydrogen (secondary N) is 3. The maximum Gasteiger partial charge on any atom is 0.259 e. The van der Waals surface area contributed by atoms with Crippen molar-refractivity contribution in [2.75, 3.05) is 17.6 Å². The first-order chi connectivity index (χ1) is 15.0. The summed E-state index contributed by atoms with van der Waals surface area (Å²) >= 11 is 3.00. The molecule has 0 fully saturated rings. The number of rotatable bonds is 7. The van der Waals surface area contributed by atoms with E-state index in [0.29, 0.717) is 29.4 Å². The molecule has 4 rings (SSSR count). The molecule has 1 aliphatic carbocycles. The second-order valence-electron chi connectivity index (χ2n) is 7.48. The van der Waals surface area contributed by atoms with Gasteiger partial charge in [0.05, 0.1) is 16.9 Å². The third-order valence-corrected chi connectivity index (χ3v) is 7.34. The third-order valence-electron chi connectivity index (χ3n) is 5.21. The van der Waals surface area contributed by atoms with Gasteiger partial charge in [0.1, 0.15) is 10.7 Å². The number of fused-ring (bicyclic) bond motifs is 3. The zero-order valence-electron chi connectivity index (χ0n) is 17.5. The average molecular weight is 457 g/mol. The van der Waals surface area contributed by atoms with Gasteiger partial charge in [0.25, 0.3) is 11.5 Å². The van der Waals surface area contributed by atoms with E-state index in [2.05, 4.69) is 20.6 Å². The summed E-state index contributed by atoms with van der Waals surface area (Å²) in [7, 11) is 0. The Kier molecular flexibility index (Phi) is 6.43. The van der Waals surface area contributed by atoms with E-state index in [4.69, 9.17) is 0 Å². The molecule has 0 bridgehead atoms. The normalized spacial score (nSPS) is 12.7. The number of aromatic nitrogens is 2. The van der Waals surface area contributed by atoms with Crippen LogP contribution in [0, 0.1) is 6.92 Å². The second-order valence-corrected chi connectivity index (χ2v) is 9.55. The highest BCUT2D eigenvalue weighted by atomic mass is 32.2. The Bertz CT molecular complexity index is 1220. The Labute approximate surface area is 188 Å². The number of benzene rings is 1. The minimum Gasteiger partial charge on any atom is -0.352 e. The topological polar surface area (TPSA) is 104 Å². The van der Waals surface area contributed by atoms with E-state index in [9.17, 15) is 14.4 Å². The Morgan fingerprint density at radius 3 is 2.94 bits per heavy atom. The molecule has 1 aliphatic rings. The van der Waals surface area contributed by atoms with Crippen LogP contribution in [0.2, 0.25) is 0 Å². The van der Waals surface area contributed by atoms with E-state index >= 15 is 0 Å². The van der Waals surface area contributed by atoms with Crippen LogP contribution in [0.25, 0.3) is 10.2 Å². The molecule has 31 heavy (non-hydrogen) atoms. The summed E-state index contributed by atoms with van der Waals surface area (Å²) in [6.45, 7) is 4.28. The molecule has 0 atom stereocenters. The van der Waals surface area contributed by atoms with E-state index in [0.717, 1.165) is 40.6 Å². The number of nitrogens with zero attached hydrogens (tertiary/aromatic N) is 1. The first-order valence-electron chi connectivity index (χ1n) is 10.3. The molecule has 2 amide bonds. The van der Waals surface area contributed by atoms with Crippen LogP contribution in [0.3, 0.4) is 0 Å². The lowest BCUT2D eigenvalue weighted by molar-refractivity contribution is -0.113. The lowest BCUT2D eigenvalue weighted by Crippen LogP contribution is -2.23. The van der Waals surface area contributed by atoms with Gasteiger partial charge >= 0.3 is 0 Å². The molecular formula is C22H24N4O3S2. The van der Waals surface area contributed by atoms with E-state index in [1.54, 1.807) is 23.5 Å². The van der Waals surface area contributed by atoms with Crippen molar-refractivity contribution in [3.8, 4) is 0 Å². The number of H-pyrrole nitrogens is 1. The van der Waals surface area contributed by atoms with Gasteiger partial charge in [0, 0.05) is 22.7 Å². The number of hydrogen-bond acceptors (Lipinski definition) is 6. The highest BCUT2D eigenvalue weighted by Gasteiger charge is 2.21. The monoisotopic (exact) mass is 456 g/mol. The summed E-state index contributed by atoms with van der Waals surface area (Å²) in [6, 6.07) is 5.24. The third kappa shape index (κ3) is 4.67. The van der Waals surface area contributed by atoms with Crippen molar-refractivity contribution in [2.45, 2.75) is 38.9 Å². The molecule has 162 valence electrons.